The van der Waals surface area contributed by atoms with E-state index in [-0.39, 0.29) is 18.1 Å². The highest BCUT2D eigenvalue weighted by Crippen LogP contribution is 2.21. The predicted molar refractivity (Wildman–Crippen MR) is 70.5 cm³/mol. The third kappa shape index (κ3) is 4.32. The minimum Gasteiger partial charge on any atom is -0.478 e. The Kier molecular flexibility index (Phi) is 5.38. The van der Waals surface area contributed by atoms with Gasteiger partial charge >= 0.3 is 5.97 Å². The van der Waals surface area contributed by atoms with Crippen molar-refractivity contribution in [2.24, 2.45) is 0 Å². The maximum atomic E-state index is 11.6. The van der Waals surface area contributed by atoms with Crippen LogP contribution >= 0.6 is 27.5 Å². The minimum absolute atomic E-state index is 0.0411. The standard InChI is InChI=1S/C12H10BrClO3/c13-10-7-8(2-4-12(16)17)1-3-9(10)11(15)5-6-14/h1-4,7H,5-6H2,(H,16,17)/b4-2+. The van der Waals surface area contributed by atoms with Crippen molar-refractivity contribution in [3.8, 4) is 0 Å². The van der Waals surface area contributed by atoms with Crippen LogP contribution in [0, 0.1) is 0 Å². The number of ketones is 1. The number of benzene rings is 1. The highest BCUT2D eigenvalue weighted by molar-refractivity contribution is 9.10. The molecule has 0 amide bonds. The monoisotopic (exact) mass is 316 g/mol. The SMILES string of the molecule is O=C(O)/C=C/c1ccc(C(=O)CCCl)c(Br)c1. The Hall–Kier alpha value is -1.13. The summed E-state index contributed by atoms with van der Waals surface area (Å²) in [4.78, 5) is 22.0. The maximum Gasteiger partial charge on any atom is 0.328 e. The van der Waals surface area contributed by atoms with Gasteiger partial charge in [-0.1, -0.05) is 22.0 Å². The molecular weight excluding hydrogens is 307 g/mol. The molecule has 0 atom stereocenters. The van der Waals surface area contributed by atoms with Gasteiger partial charge in [0, 0.05) is 28.4 Å². The van der Waals surface area contributed by atoms with Gasteiger partial charge < -0.3 is 5.11 Å². The quantitative estimate of drug-likeness (QED) is 0.515. The topological polar surface area (TPSA) is 54.4 Å². The summed E-state index contributed by atoms with van der Waals surface area (Å²) in [7, 11) is 0. The predicted octanol–water partition coefficient (Wildman–Crippen LogP) is 3.36. The van der Waals surface area contributed by atoms with Crippen LogP contribution in [0.2, 0.25) is 0 Å². The number of alkyl halides is 1. The molecule has 90 valence electrons. The highest BCUT2D eigenvalue weighted by Gasteiger charge is 2.09. The van der Waals surface area contributed by atoms with Gasteiger partial charge in [0.05, 0.1) is 0 Å². The lowest BCUT2D eigenvalue weighted by molar-refractivity contribution is -0.131. The molecule has 1 aromatic carbocycles. The average Bonchev–Trinajstić information content (AvgIpc) is 2.26. The lowest BCUT2D eigenvalue weighted by atomic mass is 10.1. The molecule has 0 aromatic heterocycles. The van der Waals surface area contributed by atoms with Crippen LogP contribution in [-0.4, -0.2) is 22.7 Å². The first-order chi connectivity index (χ1) is 8.04. The van der Waals surface area contributed by atoms with E-state index >= 15 is 0 Å². The van der Waals surface area contributed by atoms with Gasteiger partial charge in [0.15, 0.2) is 5.78 Å². The van der Waals surface area contributed by atoms with Crippen molar-refractivity contribution in [3.05, 3.63) is 39.9 Å². The molecule has 0 spiro atoms. The molecular formula is C12H10BrClO3. The molecule has 0 heterocycles. The molecule has 1 N–H and O–H groups in total. The zero-order valence-corrected chi connectivity index (χ0v) is 11.2. The van der Waals surface area contributed by atoms with Gasteiger partial charge in [-0.05, 0) is 23.8 Å². The maximum absolute atomic E-state index is 11.6. The second-order valence-corrected chi connectivity index (χ2v) is 4.51. The molecule has 0 unspecified atom stereocenters. The molecule has 0 radical (unpaired) electrons. The second kappa shape index (κ2) is 6.57. The zero-order valence-electron chi connectivity index (χ0n) is 8.82. The van der Waals surface area contributed by atoms with Crippen LogP contribution in [0.15, 0.2) is 28.7 Å². The van der Waals surface area contributed by atoms with Gasteiger partial charge in [0.25, 0.3) is 0 Å². The lowest BCUT2D eigenvalue weighted by Gasteiger charge is -2.03. The molecule has 0 aliphatic carbocycles. The Balaban J connectivity index is 2.93. The van der Waals surface area contributed by atoms with Crippen molar-refractivity contribution in [1.29, 1.82) is 0 Å². The summed E-state index contributed by atoms with van der Waals surface area (Å²) in [5.41, 5.74) is 1.26. The van der Waals surface area contributed by atoms with Gasteiger partial charge in [-0.25, -0.2) is 4.79 Å². The fraction of sp³-hybridized carbons (Fsp3) is 0.167. The number of hydrogen-bond acceptors (Lipinski definition) is 2. The summed E-state index contributed by atoms with van der Waals surface area (Å²) in [5, 5.41) is 8.49. The molecule has 1 rings (SSSR count). The van der Waals surface area contributed by atoms with Crippen molar-refractivity contribution in [1.82, 2.24) is 0 Å². The van der Waals surface area contributed by atoms with Crippen molar-refractivity contribution < 1.29 is 14.7 Å². The van der Waals surface area contributed by atoms with Gasteiger partial charge in [-0.2, -0.15) is 0 Å². The van der Waals surface area contributed by atoms with Crippen molar-refractivity contribution in [2.75, 3.05) is 5.88 Å². The molecule has 17 heavy (non-hydrogen) atoms. The van der Waals surface area contributed by atoms with E-state index in [1.165, 1.54) is 6.08 Å². The minimum atomic E-state index is -1.01. The number of carboxylic acids is 1. The second-order valence-electron chi connectivity index (χ2n) is 3.27. The molecule has 0 bridgehead atoms. The van der Waals surface area contributed by atoms with Crippen LogP contribution in [0.25, 0.3) is 6.08 Å². The third-order valence-electron chi connectivity index (χ3n) is 2.03. The first kappa shape index (κ1) is 13.9. The number of hydrogen-bond donors (Lipinski definition) is 1. The van der Waals surface area contributed by atoms with Crippen LogP contribution in [0.3, 0.4) is 0 Å². The summed E-state index contributed by atoms with van der Waals surface area (Å²) in [6.45, 7) is 0. The molecule has 0 aliphatic rings. The lowest BCUT2D eigenvalue weighted by Crippen LogP contribution is -2.00. The first-order valence-electron chi connectivity index (χ1n) is 4.84. The fourth-order valence-corrected chi connectivity index (χ4v) is 2.04. The van der Waals surface area contributed by atoms with E-state index < -0.39 is 5.97 Å². The van der Waals surface area contributed by atoms with Crippen molar-refractivity contribution >= 4 is 45.4 Å². The summed E-state index contributed by atoms with van der Waals surface area (Å²) in [5.74, 6) is -0.768. The molecule has 5 heteroatoms. The molecule has 3 nitrogen and oxygen atoms in total. The average molecular weight is 318 g/mol. The van der Waals surface area contributed by atoms with Gasteiger partial charge in [-0.3, -0.25) is 4.79 Å². The summed E-state index contributed by atoms with van der Waals surface area (Å²) in [6, 6.07) is 5.03. The molecule has 0 fully saturated rings. The number of aliphatic carboxylic acids is 1. The third-order valence-corrected chi connectivity index (χ3v) is 2.88. The van der Waals surface area contributed by atoms with E-state index in [1.807, 2.05) is 0 Å². The Morgan fingerprint density at radius 1 is 1.41 bits per heavy atom. The smallest absolute Gasteiger partial charge is 0.328 e. The van der Waals surface area contributed by atoms with E-state index in [0.29, 0.717) is 15.6 Å². The van der Waals surface area contributed by atoms with Gasteiger partial charge in [0.2, 0.25) is 0 Å². The van der Waals surface area contributed by atoms with Crippen LogP contribution in [0.4, 0.5) is 0 Å². The molecule has 1 aromatic rings. The summed E-state index contributed by atoms with van der Waals surface area (Å²) in [6.07, 6.45) is 2.79. The number of Topliss-reactive ketones (excluding diaryl/α,β-unsaturated/α-hetero) is 1. The van der Waals surface area contributed by atoms with Crippen LogP contribution < -0.4 is 0 Å². The Morgan fingerprint density at radius 2 is 2.12 bits per heavy atom. The molecule has 0 saturated heterocycles. The van der Waals surface area contributed by atoms with E-state index in [9.17, 15) is 9.59 Å². The number of carboxylic acid groups (broad SMARTS) is 1. The number of rotatable bonds is 5. The van der Waals surface area contributed by atoms with Crippen LogP contribution in [0.1, 0.15) is 22.3 Å². The van der Waals surface area contributed by atoms with Crippen molar-refractivity contribution in [3.63, 3.8) is 0 Å². The van der Waals surface area contributed by atoms with Crippen molar-refractivity contribution in [2.45, 2.75) is 6.42 Å². The Labute approximate surface area is 112 Å². The molecule has 0 saturated carbocycles. The van der Waals surface area contributed by atoms with E-state index in [0.717, 1.165) is 6.08 Å². The number of carbonyl (C=O) groups is 2. The largest absolute Gasteiger partial charge is 0.478 e. The van der Waals surface area contributed by atoms with Gasteiger partial charge in [-0.15, -0.1) is 11.6 Å². The Bertz CT molecular complexity index is 469. The highest BCUT2D eigenvalue weighted by atomic mass is 79.9. The normalized spacial score (nSPS) is 10.7. The van der Waals surface area contributed by atoms with E-state index in [4.69, 9.17) is 16.7 Å². The summed E-state index contributed by atoms with van der Waals surface area (Å²) < 4.78 is 0.639. The van der Waals surface area contributed by atoms with E-state index in [1.54, 1.807) is 18.2 Å². The summed E-state index contributed by atoms with van der Waals surface area (Å²) >= 11 is 8.78. The zero-order chi connectivity index (χ0) is 12.8. The first-order valence-corrected chi connectivity index (χ1v) is 6.17. The number of halogens is 2. The van der Waals surface area contributed by atoms with Crippen LogP contribution in [-0.2, 0) is 4.79 Å². The Morgan fingerprint density at radius 3 is 2.65 bits per heavy atom. The molecule has 0 aliphatic heterocycles. The van der Waals surface area contributed by atoms with Gasteiger partial charge in [0.1, 0.15) is 0 Å². The van der Waals surface area contributed by atoms with Crippen LogP contribution in [0.5, 0.6) is 0 Å². The fourth-order valence-electron chi connectivity index (χ4n) is 1.25. The van der Waals surface area contributed by atoms with E-state index in [2.05, 4.69) is 15.9 Å². The number of carbonyl (C=O) groups excluding carboxylic acids is 1.